The molecule has 1 aromatic rings. The monoisotopic (exact) mass is 336 g/mol. The Morgan fingerprint density at radius 1 is 1.25 bits per heavy atom. The number of nitrogens with two attached hydrogens (primary N) is 1. The van der Waals surface area contributed by atoms with Gasteiger partial charge >= 0.3 is 5.69 Å². The number of ether oxygens (including phenoxy) is 1. The molecule has 1 unspecified atom stereocenters. The van der Waals surface area contributed by atoms with Gasteiger partial charge in [-0.15, -0.1) is 0 Å². The van der Waals surface area contributed by atoms with Crippen molar-refractivity contribution in [3.63, 3.8) is 0 Å². The fourth-order valence-electron chi connectivity index (χ4n) is 3.23. The first-order chi connectivity index (χ1) is 11.6. The first kappa shape index (κ1) is 16.7. The van der Waals surface area contributed by atoms with Crippen LogP contribution in [0.25, 0.3) is 0 Å². The Hall–Kier alpha value is -2.16. The number of anilines is 3. The SMILES string of the molecule is Nc1nc(NCC2CCCO2)nc(N2CCCCCC2)c1[N+](=O)[O-]. The molecule has 3 rings (SSSR count). The van der Waals surface area contributed by atoms with Crippen LogP contribution in [0.3, 0.4) is 0 Å². The minimum atomic E-state index is -0.487. The molecule has 2 aliphatic rings. The number of nitrogens with one attached hydrogen (secondary N) is 1. The zero-order valence-electron chi connectivity index (χ0n) is 13.7. The predicted molar refractivity (Wildman–Crippen MR) is 91.2 cm³/mol. The van der Waals surface area contributed by atoms with E-state index in [0.717, 1.165) is 58.2 Å². The highest BCUT2D eigenvalue weighted by Crippen LogP contribution is 2.33. The fourth-order valence-corrected chi connectivity index (χ4v) is 3.23. The molecule has 9 heteroatoms. The van der Waals surface area contributed by atoms with E-state index in [9.17, 15) is 10.1 Å². The van der Waals surface area contributed by atoms with Gasteiger partial charge in [0, 0.05) is 26.2 Å². The van der Waals surface area contributed by atoms with Gasteiger partial charge in [0.25, 0.3) is 0 Å². The number of rotatable bonds is 5. The number of aromatic nitrogens is 2. The third kappa shape index (κ3) is 3.84. The van der Waals surface area contributed by atoms with Gasteiger partial charge < -0.3 is 20.7 Å². The summed E-state index contributed by atoms with van der Waals surface area (Å²) in [6.07, 6.45) is 6.44. The molecular formula is C15H24N6O3. The summed E-state index contributed by atoms with van der Waals surface area (Å²) in [5, 5.41) is 14.5. The normalized spacial score (nSPS) is 21.5. The van der Waals surface area contributed by atoms with Crippen molar-refractivity contribution in [1.29, 1.82) is 0 Å². The van der Waals surface area contributed by atoms with Crippen molar-refractivity contribution in [2.45, 2.75) is 44.6 Å². The smallest absolute Gasteiger partial charge is 0.353 e. The van der Waals surface area contributed by atoms with Gasteiger partial charge in [-0.2, -0.15) is 9.97 Å². The summed E-state index contributed by atoms with van der Waals surface area (Å²) in [6.45, 7) is 2.86. The van der Waals surface area contributed by atoms with Crippen molar-refractivity contribution in [1.82, 2.24) is 9.97 Å². The minimum Gasteiger partial charge on any atom is -0.378 e. The Balaban J connectivity index is 1.83. The molecule has 0 bridgehead atoms. The number of nitrogens with zero attached hydrogens (tertiary/aromatic N) is 4. The maximum Gasteiger partial charge on any atom is 0.353 e. The number of nitro groups is 1. The summed E-state index contributed by atoms with van der Waals surface area (Å²) in [4.78, 5) is 21.4. The average molecular weight is 336 g/mol. The first-order valence-corrected chi connectivity index (χ1v) is 8.57. The lowest BCUT2D eigenvalue weighted by Crippen LogP contribution is -2.27. The molecule has 0 aliphatic carbocycles. The third-order valence-corrected chi connectivity index (χ3v) is 4.49. The molecule has 1 aromatic heterocycles. The van der Waals surface area contributed by atoms with Crippen molar-refractivity contribution in [2.24, 2.45) is 0 Å². The van der Waals surface area contributed by atoms with Crippen molar-refractivity contribution >= 4 is 23.3 Å². The van der Waals surface area contributed by atoms with E-state index in [4.69, 9.17) is 10.5 Å². The molecule has 0 spiro atoms. The van der Waals surface area contributed by atoms with Gasteiger partial charge in [0.2, 0.25) is 17.6 Å². The Bertz CT molecular complexity index is 583. The topological polar surface area (TPSA) is 119 Å². The third-order valence-electron chi connectivity index (χ3n) is 4.49. The van der Waals surface area contributed by atoms with Crippen LogP contribution >= 0.6 is 0 Å². The molecular weight excluding hydrogens is 312 g/mol. The number of hydrogen-bond donors (Lipinski definition) is 2. The molecule has 0 amide bonds. The zero-order chi connectivity index (χ0) is 16.9. The van der Waals surface area contributed by atoms with E-state index < -0.39 is 4.92 Å². The molecule has 132 valence electrons. The van der Waals surface area contributed by atoms with Crippen LogP contribution < -0.4 is 16.0 Å². The van der Waals surface area contributed by atoms with Crippen LogP contribution in [-0.4, -0.2) is 47.2 Å². The molecule has 9 nitrogen and oxygen atoms in total. The molecule has 3 heterocycles. The van der Waals surface area contributed by atoms with Crippen LogP contribution in [0.4, 0.5) is 23.3 Å². The van der Waals surface area contributed by atoms with Crippen LogP contribution in [0.15, 0.2) is 0 Å². The molecule has 24 heavy (non-hydrogen) atoms. The van der Waals surface area contributed by atoms with E-state index in [0.29, 0.717) is 18.3 Å². The Morgan fingerprint density at radius 3 is 2.62 bits per heavy atom. The summed E-state index contributed by atoms with van der Waals surface area (Å²) >= 11 is 0. The lowest BCUT2D eigenvalue weighted by molar-refractivity contribution is -0.383. The van der Waals surface area contributed by atoms with Gasteiger partial charge in [0.1, 0.15) is 0 Å². The van der Waals surface area contributed by atoms with Gasteiger partial charge in [0.05, 0.1) is 11.0 Å². The van der Waals surface area contributed by atoms with Gasteiger partial charge in [0.15, 0.2) is 0 Å². The van der Waals surface area contributed by atoms with Crippen molar-refractivity contribution < 1.29 is 9.66 Å². The molecule has 0 saturated carbocycles. The largest absolute Gasteiger partial charge is 0.378 e. The van der Waals surface area contributed by atoms with E-state index in [2.05, 4.69) is 15.3 Å². The van der Waals surface area contributed by atoms with Crippen LogP contribution in [0.2, 0.25) is 0 Å². The lowest BCUT2D eigenvalue weighted by Gasteiger charge is -2.22. The van der Waals surface area contributed by atoms with E-state index in [1.165, 1.54) is 0 Å². The van der Waals surface area contributed by atoms with Crippen LogP contribution in [0, 0.1) is 10.1 Å². The Labute approximate surface area is 140 Å². The van der Waals surface area contributed by atoms with Gasteiger partial charge in [-0.25, -0.2) is 0 Å². The standard InChI is InChI=1S/C15H24N6O3/c16-13-12(21(22)23)14(20-7-3-1-2-4-8-20)19-15(18-13)17-10-11-6-5-9-24-11/h11H,1-10H2,(H3,16,17,18,19). The summed E-state index contributed by atoms with van der Waals surface area (Å²) in [5.41, 5.74) is 5.67. The van der Waals surface area contributed by atoms with Crippen molar-refractivity contribution in [2.75, 3.05) is 42.2 Å². The highest BCUT2D eigenvalue weighted by atomic mass is 16.6. The highest BCUT2D eigenvalue weighted by Gasteiger charge is 2.28. The molecule has 2 saturated heterocycles. The molecule has 0 radical (unpaired) electrons. The van der Waals surface area contributed by atoms with Crippen LogP contribution in [0.1, 0.15) is 38.5 Å². The van der Waals surface area contributed by atoms with E-state index in [1.54, 1.807) is 0 Å². The summed E-state index contributed by atoms with van der Waals surface area (Å²) in [6, 6.07) is 0. The minimum absolute atomic E-state index is 0.0934. The second kappa shape index (κ2) is 7.61. The summed E-state index contributed by atoms with van der Waals surface area (Å²) in [7, 11) is 0. The summed E-state index contributed by atoms with van der Waals surface area (Å²) < 4.78 is 5.56. The quantitative estimate of drug-likeness (QED) is 0.618. The average Bonchev–Trinajstić information content (AvgIpc) is 2.92. The molecule has 3 N–H and O–H groups in total. The Morgan fingerprint density at radius 2 is 2.00 bits per heavy atom. The molecule has 0 aromatic carbocycles. The Kier molecular flexibility index (Phi) is 5.29. The van der Waals surface area contributed by atoms with E-state index in [1.807, 2.05) is 4.90 Å². The molecule has 2 fully saturated rings. The second-order valence-corrected chi connectivity index (χ2v) is 6.28. The highest BCUT2D eigenvalue weighted by molar-refractivity contribution is 5.71. The maximum atomic E-state index is 11.4. The van der Waals surface area contributed by atoms with Gasteiger partial charge in [-0.05, 0) is 25.7 Å². The maximum absolute atomic E-state index is 11.4. The van der Waals surface area contributed by atoms with E-state index in [-0.39, 0.29) is 17.6 Å². The summed E-state index contributed by atoms with van der Waals surface area (Å²) in [5.74, 6) is 0.557. The first-order valence-electron chi connectivity index (χ1n) is 8.57. The zero-order valence-corrected chi connectivity index (χ0v) is 13.7. The van der Waals surface area contributed by atoms with Crippen LogP contribution in [0.5, 0.6) is 0 Å². The van der Waals surface area contributed by atoms with Gasteiger partial charge in [-0.3, -0.25) is 10.1 Å². The fraction of sp³-hybridized carbons (Fsp3) is 0.733. The lowest BCUT2D eigenvalue weighted by atomic mass is 10.2. The van der Waals surface area contributed by atoms with Crippen molar-refractivity contribution in [3.8, 4) is 0 Å². The van der Waals surface area contributed by atoms with Crippen molar-refractivity contribution in [3.05, 3.63) is 10.1 Å². The van der Waals surface area contributed by atoms with Gasteiger partial charge in [-0.1, -0.05) is 12.8 Å². The van der Waals surface area contributed by atoms with Crippen LogP contribution in [-0.2, 0) is 4.74 Å². The molecule has 1 atom stereocenters. The number of hydrogen-bond acceptors (Lipinski definition) is 8. The van der Waals surface area contributed by atoms with E-state index >= 15 is 0 Å². The predicted octanol–water partition coefficient (Wildman–Crippen LogP) is 1.94. The second-order valence-electron chi connectivity index (χ2n) is 6.28. The molecule has 2 aliphatic heterocycles. The number of nitrogen functional groups attached to an aromatic ring is 1.